The van der Waals surface area contributed by atoms with Gasteiger partial charge in [-0.1, -0.05) is 12.1 Å². The molecule has 12 nitrogen and oxygen atoms in total. The lowest BCUT2D eigenvalue weighted by Crippen LogP contribution is -2.50. The lowest BCUT2D eigenvalue weighted by atomic mass is 9.94. The van der Waals surface area contributed by atoms with E-state index in [1.165, 1.54) is 41.1 Å². The van der Waals surface area contributed by atoms with Gasteiger partial charge in [-0.15, -0.1) is 0 Å². The van der Waals surface area contributed by atoms with Crippen molar-refractivity contribution in [1.82, 2.24) is 29.9 Å². The highest BCUT2D eigenvalue weighted by Gasteiger charge is 2.34. The Morgan fingerprint density at radius 2 is 1.66 bits per heavy atom. The van der Waals surface area contributed by atoms with Crippen molar-refractivity contribution in [2.45, 2.75) is 70.1 Å². The summed E-state index contributed by atoms with van der Waals surface area (Å²) in [6.07, 6.45) is 12.6. The Kier molecular flexibility index (Phi) is 10.6. The number of aromatic nitrogens is 3. The van der Waals surface area contributed by atoms with Gasteiger partial charge in [-0.3, -0.25) is 19.2 Å². The van der Waals surface area contributed by atoms with Crippen LogP contribution in [0, 0.1) is 5.92 Å². The first-order valence-corrected chi connectivity index (χ1v) is 19.3. The van der Waals surface area contributed by atoms with Crippen LogP contribution in [0.2, 0.25) is 0 Å². The van der Waals surface area contributed by atoms with E-state index < -0.39 is 6.04 Å². The zero-order chi connectivity index (χ0) is 36.1. The molecular formula is C41H51N9O3. The summed E-state index contributed by atoms with van der Waals surface area (Å²) in [5, 5.41) is 15.0. The van der Waals surface area contributed by atoms with Crippen molar-refractivity contribution in [3.05, 3.63) is 89.9 Å². The van der Waals surface area contributed by atoms with Crippen molar-refractivity contribution in [3.63, 3.8) is 0 Å². The molecule has 0 saturated carbocycles. The number of methoxy groups -OCH3 is 1. The first kappa shape index (κ1) is 35.1. The summed E-state index contributed by atoms with van der Waals surface area (Å²) < 4.78 is 7.38. The third-order valence-electron chi connectivity index (χ3n) is 11.5. The average molecular weight is 718 g/mol. The molecule has 2 aromatic carbocycles. The molecule has 8 rings (SSSR count). The van der Waals surface area contributed by atoms with Crippen LogP contribution >= 0.6 is 0 Å². The van der Waals surface area contributed by atoms with E-state index in [1.807, 2.05) is 36.7 Å². The molecular weight excluding hydrogens is 667 g/mol. The quantitative estimate of drug-likeness (QED) is 0.175. The number of carbonyl (C=O) groups is 2. The van der Waals surface area contributed by atoms with Gasteiger partial charge in [-0.05, 0) is 110 Å². The van der Waals surface area contributed by atoms with E-state index in [1.54, 1.807) is 7.11 Å². The second-order valence-corrected chi connectivity index (χ2v) is 15.0. The first-order chi connectivity index (χ1) is 26.0. The summed E-state index contributed by atoms with van der Waals surface area (Å²) in [6, 6.07) is 18.1. The molecule has 0 bridgehead atoms. The summed E-state index contributed by atoms with van der Waals surface area (Å²) in [5.41, 5.74) is 6.67. The highest BCUT2D eigenvalue weighted by molar-refractivity contribution is 6.01. The summed E-state index contributed by atoms with van der Waals surface area (Å²) in [7, 11) is 1.62. The van der Waals surface area contributed by atoms with Crippen molar-refractivity contribution in [3.8, 4) is 5.75 Å². The van der Waals surface area contributed by atoms with Gasteiger partial charge in [0.15, 0.2) is 0 Å². The fraction of sp³-hybridized carbons (Fsp3) is 0.463. The topological polar surface area (TPSA) is 120 Å². The number of rotatable bonds is 11. The van der Waals surface area contributed by atoms with Gasteiger partial charge in [0, 0.05) is 69.5 Å². The number of pyridine rings is 1. The number of benzene rings is 2. The maximum atomic E-state index is 13.3. The molecule has 0 radical (unpaired) electrons. The summed E-state index contributed by atoms with van der Waals surface area (Å²) in [5.74, 6) is 2.04. The predicted octanol–water partition coefficient (Wildman–Crippen LogP) is 5.36. The monoisotopic (exact) mass is 717 g/mol. The van der Waals surface area contributed by atoms with Crippen LogP contribution in [0.4, 0.5) is 22.9 Å². The number of nitrogens with zero attached hydrogens (tertiary/aromatic N) is 6. The van der Waals surface area contributed by atoms with E-state index in [-0.39, 0.29) is 18.4 Å². The number of piperidine rings is 3. The van der Waals surface area contributed by atoms with Crippen LogP contribution in [0.1, 0.15) is 61.3 Å². The molecule has 4 aliphatic rings. The van der Waals surface area contributed by atoms with Crippen molar-refractivity contribution >= 4 is 34.7 Å². The predicted molar refractivity (Wildman–Crippen MR) is 206 cm³/mol. The van der Waals surface area contributed by atoms with Crippen molar-refractivity contribution in [2.75, 3.05) is 61.9 Å². The van der Waals surface area contributed by atoms with Crippen molar-refractivity contribution in [2.24, 2.45) is 5.92 Å². The third-order valence-corrected chi connectivity index (χ3v) is 11.5. The molecule has 4 aromatic rings. The molecule has 4 aliphatic heterocycles. The van der Waals surface area contributed by atoms with Crippen LogP contribution in [-0.2, 0) is 29.1 Å². The second kappa shape index (κ2) is 16.0. The molecule has 2 amide bonds. The molecule has 2 aromatic heterocycles. The number of hydrogen-bond acceptors (Lipinski definition) is 10. The molecule has 0 aliphatic carbocycles. The maximum absolute atomic E-state index is 13.3. The molecule has 1 unspecified atom stereocenters. The minimum absolute atomic E-state index is 0.124. The standard InChI is InChI=1S/C41H51N9O3/c1-53-37-8-2-29(3-9-37)27-49-40(51)11-10-38(41(49)52)45-33-4-6-35(7-5-33)48-20-13-30(14-21-48)26-47-18-15-36(16-19-47)50-28-34(25-44-50)46-39-22-32-23-42-17-12-31(32)24-43-39/h2-9,22,24-25,28,30,36,38,42,45H,10-21,23,26-27H2,1H3,(H,43,46). The van der Waals surface area contributed by atoms with E-state index in [2.05, 4.69) is 71.9 Å². The van der Waals surface area contributed by atoms with E-state index in [9.17, 15) is 9.59 Å². The van der Waals surface area contributed by atoms with Crippen molar-refractivity contribution < 1.29 is 14.3 Å². The minimum Gasteiger partial charge on any atom is -0.497 e. The van der Waals surface area contributed by atoms with Crippen LogP contribution in [0.25, 0.3) is 0 Å². The number of ether oxygens (including phenoxy) is 1. The lowest BCUT2D eigenvalue weighted by Gasteiger charge is -2.38. The molecule has 3 fully saturated rings. The highest BCUT2D eigenvalue weighted by atomic mass is 16.5. The molecule has 0 spiro atoms. The lowest BCUT2D eigenvalue weighted by molar-refractivity contribution is -0.149. The zero-order valence-electron chi connectivity index (χ0n) is 30.7. The SMILES string of the molecule is COc1ccc(CN2C(=O)CCC(Nc3ccc(N4CCC(CN5CCC(n6cc(Nc7cc8c(cn7)CCNC8)cn6)CC5)CC4)cc3)C2=O)cc1. The number of hydrogen-bond donors (Lipinski definition) is 3. The molecule has 3 saturated heterocycles. The van der Waals surface area contributed by atoms with Gasteiger partial charge in [-0.2, -0.15) is 5.10 Å². The largest absolute Gasteiger partial charge is 0.497 e. The van der Waals surface area contributed by atoms with Crippen LogP contribution in [0.15, 0.2) is 73.2 Å². The summed E-state index contributed by atoms with van der Waals surface area (Å²) >= 11 is 0. The van der Waals surface area contributed by atoms with Gasteiger partial charge in [0.2, 0.25) is 5.91 Å². The fourth-order valence-corrected chi connectivity index (χ4v) is 8.31. The van der Waals surface area contributed by atoms with Gasteiger partial charge < -0.3 is 30.5 Å². The second-order valence-electron chi connectivity index (χ2n) is 15.0. The van der Waals surface area contributed by atoms with E-state index in [0.29, 0.717) is 24.8 Å². The Hall–Kier alpha value is -4.94. The summed E-state index contributed by atoms with van der Waals surface area (Å²) in [4.78, 5) is 37.1. The molecule has 6 heterocycles. The molecule has 3 N–H and O–H groups in total. The van der Waals surface area contributed by atoms with Crippen LogP contribution in [0.3, 0.4) is 0 Å². The van der Waals surface area contributed by atoms with Gasteiger partial charge >= 0.3 is 0 Å². The normalized spacial score (nSPS) is 20.4. The molecule has 278 valence electrons. The fourth-order valence-electron chi connectivity index (χ4n) is 8.31. The van der Waals surface area contributed by atoms with Crippen LogP contribution < -0.4 is 25.6 Å². The Labute approximate surface area is 311 Å². The van der Waals surface area contributed by atoms with Gasteiger partial charge in [0.05, 0.1) is 31.6 Å². The maximum Gasteiger partial charge on any atom is 0.251 e. The number of nitrogens with one attached hydrogen (secondary N) is 3. The summed E-state index contributed by atoms with van der Waals surface area (Å²) in [6.45, 7) is 7.68. The Morgan fingerprint density at radius 1 is 0.868 bits per heavy atom. The number of likely N-dealkylation sites (tertiary alicyclic amines) is 2. The van der Waals surface area contributed by atoms with E-state index in [4.69, 9.17) is 9.84 Å². The molecule has 53 heavy (non-hydrogen) atoms. The number of imide groups is 1. The average Bonchev–Trinajstić information content (AvgIpc) is 3.67. The van der Waals surface area contributed by atoms with E-state index >= 15 is 0 Å². The van der Waals surface area contributed by atoms with Gasteiger partial charge in [-0.25, -0.2) is 4.98 Å². The minimum atomic E-state index is -0.424. The molecule has 12 heteroatoms. The smallest absolute Gasteiger partial charge is 0.251 e. The van der Waals surface area contributed by atoms with E-state index in [0.717, 1.165) is 87.0 Å². The Balaban J connectivity index is 0.764. The van der Waals surface area contributed by atoms with Crippen molar-refractivity contribution in [1.29, 1.82) is 0 Å². The number of amides is 2. The van der Waals surface area contributed by atoms with Crippen LogP contribution in [-0.4, -0.2) is 88.8 Å². The number of fused-ring (bicyclic) bond motifs is 1. The number of anilines is 4. The van der Waals surface area contributed by atoms with Gasteiger partial charge in [0.1, 0.15) is 17.6 Å². The molecule has 1 atom stereocenters. The van der Waals surface area contributed by atoms with Crippen LogP contribution in [0.5, 0.6) is 5.75 Å². The Bertz CT molecular complexity index is 1860. The highest BCUT2D eigenvalue weighted by Crippen LogP contribution is 2.30. The Morgan fingerprint density at radius 3 is 2.43 bits per heavy atom. The van der Waals surface area contributed by atoms with Gasteiger partial charge in [0.25, 0.3) is 5.91 Å². The first-order valence-electron chi connectivity index (χ1n) is 19.3. The zero-order valence-corrected chi connectivity index (χ0v) is 30.7. The third kappa shape index (κ3) is 8.34. The number of carbonyl (C=O) groups excluding carboxylic acids is 2.